The number of carbonyl (C=O) groups is 2. The van der Waals surface area contributed by atoms with Crippen LogP contribution in [0.4, 0.5) is 5.69 Å². The molecule has 2 amide bonds. The van der Waals surface area contributed by atoms with E-state index in [4.69, 9.17) is 0 Å². The number of thioether (sulfide) groups is 1. The van der Waals surface area contributed by atoms with Crippen molar-refractivity contribution in [3.8, 4) is 0 Å². The minimum absolute atomic E-state index is 0.00673. The van der Waals surface area contributed by atoms with Gasteiger partial charge in [-0.15, -0.1) is 11.3 Å². The Balaban J connectivity index is 1.90. The summed E-state index contributed by atoms with van der Waals surface area (Å²) in [5.41, 5.74) is 2.00. The van der Waals surface area contributed by atoms with Gasteiger partial charge in [-0.2, -0.15) is 11.8 Å². The molecule has 3 rings (SSSR count). The third kappa shape index (κ3) is 3.90. The highest BCUT2D eigenvalue weighted by molar-refractivity contribution is 7.98. The van der Waals surface area contributed by atoms with E-state index >= 15 is 0 Å². The van der Waals surface area contributed by atoms with E-state index in [-0.39, 0.29) is 30.2 Å². The monoisotopic (exact) mass is 374 g/mol. The van der Waals surface area contributed by atoms with Gasteiger partial charge < -0.3 is 10.2 Å². The molecule has 0 bridgehead atoms. The average molecular weight is 375 g/mol. The molecule has 2 atom stereocenters. The lowest BCUT2D eigenvalue weighted by atomic mass is 9.97. The van der Waals surface area contributed by atoms with Gasteiger partial charge >= 0.3 is 0 Å². The number of nitrogens with zero attached hydrogens (tertiary/aromatic N) is 1. The van der Waals surface area contributed by atoms with Gasteiger partial charge in [0.1, 0.15) is 0 Å². The van der Waals surface area contributed by atoms with Crippen molar-refractivity contribution in [2.75, 3.05) is 23.5 Å². The first-order chi connectivity index (χ1) is 12.1. The van der Waals surface area contributed by atoms with E-state index in [2.05, 4.69) is 5.32 Å². The Kier molecular flexibility index (Phi) is 5.81. The molecule has 25 heavy (non-hydrogen) atoms. The molecule has 2 heterocycles. The molecular weight excluding hydrogens is 352 g/mol. The maximum Gasteiger partial charge on any atom is 0.228 e. The van der Waals surface area contributed by atoms with Gasteiger partial charge in [0.05, 0.1) is 12.0 Å². The van der Waals surface area contributed by atoms with Crippen LogP contribution in [0.2, 0.25) is 0 Å². The number of rotatable bonds is 6. The fourth-order valence-corrected chi connectivity index (χ4v) is 4.36. The molecule has 6 heteroatoms. The van der Waals surface area contributed by atoms with Gasteiger partial charge in [-0.25, -0.2) is 0 Å². The van der Waals surface area contributed by atoms with E-state index < -0.39 is 0 Å². The minimum Gasteiger partial charge on any atom is -0.355 e. The van der Waals surface area contributed by atoms with Crippen LogP contribution in [0.1, 0.15) is 22.9 Å². The maximum absolute atomic E-state index is 12.8. The van der Waals surface area contributed by atoms with Crippen molar-refractivity contribution < 1.29 is 9.59 Å². The van der Waals surface area contributed by atoms with Crippen LogP contribution in [-0.2, 0) is 9.59 Å². The quantitative estimate of drug-likeness (QED) is 0.786. The van der Waals surface area contributed by atoms with Crippen LogP contribution in [0.5, 0.6) is 0 Å². The summed E-state index contributed by atoms with van der Waals surface area (Å²) < 4.78 is 0. The van der Waals surface area contributed by atoms with Gasteiger partial charge in [0, 0.05) is 29.3 Å². The molecule has 1 aromatic heterocycles. The number of nitrogens with one attached hydrogen (secondary N) is 1. The normalized spacial score (nSPS) is 20.1. The zero-order chi connectivity index (χ0) is 17.8. The van der Waals surface area contributed by atoms with Crippen LogP contribution in [0.15, 0.2) is 41.8 Å². The summed E-state index contributed by atoms with van der Waals surface area (Å²) in [5, 5.41) is 4.98. The molecule has 0 spiro atoms. The lowest BCUT2D eigenvalue weighted by Gasteiger charge is -2.27. The summed E-state index contributed by atoms with van der Waals surface area (Å²) in [6, 6.07) is 11.7. The Hall–Kier alpha value is -1.79. The van der Waals surface area contributed by atoms with Crippen molar-refractivity contribution in [1.29, 1.82) is 0 Å². The molecule has 1 saturated heterocycles. The van der Waals surface area contributed by atoms with Crippen molar-refractivity contribution in [3.05, 3.63) is 52.2 Å². The molecule has 4 nitrogen and oxygen atoms in total. The van der Waals surface area contributed by atoms with Crippen LogP contribution >= 0.6 is 23.1 Å². The molecule has 0 aliphatic carbocycles. The third-order valence-electron chi connectivity index (χ3n) is 4.41. The van der Waals surface area contributed by atoms with Crippen molar-refractivity contribution in [3.63, 3.8) is 0 Å². The van der Waals surface area contributed by atoms with E-state index in [9.17, 15) is 9.59 Å². The van der Waals surface area contributed by atoms with Crippen LogP contribution in [0.3, 0.4) is 0 Å². The Morgan fingerprint density at radius 1 is 1.32 bits per heavy atom. The molecule has 1 aromatic carbocycles. The van der Waals surface area contributed by atoms with Gasteiger partial charge in [0.15, 0.2) is 0 Å². The number of benzene rings is 1. The molecule has 1 aliphatic rings. The van der Waals surface area contributed by atoms with E-state index in [0.29, 0.717) is 6.54 Å². The Bertz CT molecular complexity index is 728. The van der Waals surface area contributed by atoms with Gasteiger partial charge in [-0.3, -0.25) is 9.59 Å². The number of anilines is 1. The highest BCUT2D eigenvalue weighted by Gasteiger charge is 2.45. The molecule has 1 N–H and O–H groups in total. The second-order valence-corrected chi connectivity index (χ2v) is 8.12. The van der Waals surface area contributed by atoms with Crippen LogP contribution in [0, 0.1) is 12.8 Å². The van der Waals surface area contributed by atoms with E-state index in [1.807, 2.05) is 55.0 Å². The topological polar surface area (TPSA) is 49.4 Å². The van der Waals surface area contributed by atoms with Gasteiger partial charge in [0.25, 0.3) is 0 Å². The summed E-state index contributed by atoms with van der Waals surface area (Å²) in [6.45, 7) is 2.65. The molecule has 0 saturated carbocycles. The van der Waals surface area contributed by atoms with Gasteiger partial charge in [-0.1, -0.05) is 23.8 Å². The Morgan fingerprint density at radius 3 is 2.72 bits per heavy atom. The number of hydrogen-bond acceptors (Lipinski definition) is 4. The number of hydrogen-bond donors (Lipinski definition) is 1. The number of thiophene rings is 1. The molecule has 2 aromatic rings. The molecule has 1 aliphatic heterocycles. The smallest absolute Gasteiger partial charge is 0.228 e. The summed E-state index contributed by atoms with van der Waals surface area (Å²) in [7, 11) is 0. The van der Waals surface area contributed by atoms with Gasteiger partial charge in [0.2, 0.25) is 11.8 Å². The summed E-state index contributed by atoms with van der Waals surface area (Å²) >= 11 is 3.29. The van der Waals surface area contributed by atoms with E-state index in [1.165, 1.54) is 0 Å². The molecule has 1 fully saturated rings. The SMILES string of the molecule is CSCCNC(=O)C1CC(=O)N(c2ccc(C)cc2)C1c1cccs1. The fraction of sp³-hybridized carbons (Fsp3) is 0.368. The highest BCUT2D eigenvalue weighted by Crippen LogP contribution is 2.43. The van der Waals surface area contributed by atoms with Crippen molar-refractivity contribution in [2.24, 2.45) is 5.92 Å². The predicted octanol–water partition coefficient (Wildman–Crippen LogP) is 3.63. The largest absolute Gasteiger partial charge is 0.355 e. The lowest BCUT2D eigenvalue weighted by Crippen LogP contribution is -2.36. The van der Waals surface area contributed by atoms with Crippen LogP contribution < -0.4 is 10.2 Å². The first-order valence-electron chi connectivity index (χ1n) is 8.30. The van der Waals surface area contributed by atoms with E-state index in [0.717, 1.165) is 21.9 Å². The zero-order valence-electron chi connectivity index (χ0n) is 14.4. The van der Waals surface area contributed by atoms with Crippen molar-refractivity contribution in [1.82, 2.24) is 5.32 Å². The maximum atomic E-state index is 12.8. The second-order valence-electron chi connectivity index (χ2n) is 6.15. The standard InChI is InChI=1S/C19H22N2O2S2/c1-13-5-7-14(8-6-13)21-17(22)12-15(19(23)20-9-11-24-2)18(21)16-4-3-10-25-16/h3-8,10,15,18H,9,11-12H2,1-2H3,(H,20,23). The van der Waals surface area contributed by atoms with Crippen molar-refractivity contribution >= 4 is 40.6 Å². The molecular formula is C19H22N2O2S2. The first-order valence-corrected chi connectivity index (χ1v) is 10.6. The summed E-state index contributed by atoms with van der Waals surface area (Å²) in [6.07, 6.45) is 2.26. The predicted molar refractivity (Wildman–Crippen MR) is 105 cm³/mol. The third-order valence-corrected chi connectivity index (χ3v) is 5.97. The lowest BCUT2D eigenvalue weighted by molar-refractivity contribution is -0.126. The Labute approximate surface area is 156 Å². The first kappa shape index (κ1) is 18.0. The second kappa shape index (κ2) is 8.06. The van der Waals surface area contributed by atoms with E-state index in [1.54, 1.807) is 28.0 Å². The molecule has 0 radical (unpaired) electrons. The van der Waals surface area contributed by atoms with Gasteiger partial charge in [-0.05, 0) is 36.8 Å². The molecule has 132 valence electrons. The number of aryl methyl sites for hydroxylation is 1. The highest BCUT2D eigenvalue weighted by atomic mass is 32.2. The molecule has 2 unspecified atom stereocenters. The van der Waals surface area contributed by atoms with Crippen LogP contribution in [0.25, 0.3) is 0 Å². The average Bonchev–Trinajstić information content (AvgIpc) is 3.23. The minimum atomic E-state index is -0.352. The number of carbonyl (C=O) groups excluding carboxylic acids is 2. The van der Waals surface area contributed by atoms with Crippen LogP contribution in [-0.4, -0.2) is 30.4 Å². The summed E-state index contributed by atoms with van der Waals surface area (Å²) in [4.78, 5) is 28.3. The Morgan fingerprint density at radius 2 is 2.08 bits per heavy atom. The summed E-state index contributed by atoms with van der Waals surface area (Å²) in [5.74, 6) is 0.495. The number of amides is 2. The van der Waals surface area contributed by atoms with Crippen molar-refractivity contribution in [2.45, 2.75) is 19.4 Å². The zero-order valence-corrected chi connectivity index (χ0v) is 16.0. The fourth-order valence-electron chi connectivity index (χ4n) is 3.17.